The van der Waals surface area contributed by atoms with Gasteiger partial charge in [0.1, 0.15) is 5.82 Å². The van der Waals surface area contributed by atoms with Crippen LogP contribution in [0.1, 0.15) is 10.4 Å². The van der Waals surface area contributed by atoms with E-state index in [0.29, 0.717) is 5.56 Å². The fourth-order valence-electron chi connectivity index (χ4n) is 1.53. The Morgan fingerprint density at radius 2 is 2.43 bits per heavy atom. The minimum absolute atomic E-state index is 0.275. The fraction of sp³-hybridized carbons (Fsp3) is 0.400. The number of carbonyl (C=O) groups is 1. The van der Waals surface area contributed by atoms with Crippen molar-refractivity contribution in [2.45, 2.75) is 6.10 Å². The highest BCUT2D eigenvalue weighted by molar-refractivity contribution is 5.83. The van der Waals surface area contributed by atoms with Crippen molar-refractivity contribution in [2.75, 3.05) is 25.1 Å². The first-order valence-electron chi connectivity index (χ1n) is 4.53. The molecule has 1 aromatic heterocycles. The number of aldehydes is 1. The monoisotopic (exact) mass is 192 g/mol. The van der Waals surface area contributed by atoms with Crippen LogP contribution in [0.15, 0.2) is 18.3 Å². The van der Waals surface area contributed by atoms with Crippen LogP contribution in [0.2, 0.25) is 0 Å². The Morgan fingerprint density at radius 3 is 3.07 bits per heavy atom. The van der Waals surface area contributed by atoms with Crippen LogP contribution in [-0.2, 0) is 4.74 Å². The van der Waals surface area contributed by atoms with Crippen molar-refractivity contribution in [2.24, 2.45) is 0 Å². The number of aromatic nitrogens is 1. The summed E-state index contributed by atoms with van der Waals surface area (Å²) in [4.78, 5) is 16.9. The lowest BCUT2D eigenvalue weighted by Crippen LogP contribution is -2.52. The zero-order valence-corrected chi connectivity index (χ0v) is 8.01. The zero-order valence-electron chi connectivity index (χ0n) is 8.01. The highest BCUT2D eigenvalue weighted by Gasteiger charge is 2.28. The van der Waals surface area contributed by atoms with Gasteiger partial charge in [-0.3, -0.25) is 4.79 Å². The smallest absolute Gasteiger partial charge is 0.153 e. The SMILES string of the molecule is COC1CN(c2ncccc2C=O)C1. The molecule has 0 spiro atoms. The Morgan fingerprint density at radius 1 is 1.64 bits per heavy atom. The van der Waals surface area contributed by atoms with Gasteiger partial charge in [-0.1, -0.05) is 0 Å². The highest BCUT2D eigenvalue weighted by Crippen LogP contribution is 2.22. The number of ether oxygens (including phenoxy) is 1. The van der Waals surface area contributed by atoms with Gasteiger partial charge in [0.05, 0.1) is 11.7 Å². The molecule has 0 bridgehead atoms. The van der Waals surface area contributed by atoms with Crippen LogP contribution in [0.25, 0.3) is 0 Å². The molecule has 1 fully saturated rings. The molecular weight excluding hydrogens is 180 g/mol. The van der Waals surface area contributed by atoms with Crippen LogP contribution in [0.5, 0.6) is 0 Å². The molecule has 1 saturated heterocycles. The van der Waals surface area contributed by atoms with Gasteiger partial charge in [-0.2, -0.15) is 0 Å². The molecule has 0 N–H and O–H groups in total. The van der Waals surface area contributed by atoms with E-state index in [1.54, 1.807) is 25.4 Å². The van der Waals surface area contributed by atoms with Gasteiger partial charge in [-0.15, -0.1) is 0 Å². The third-order valence-corrected chi connectivity index (χ3v) is 2.42. The van der Waals surface area contributed by atoms with E-state index >= 15 is 0 Å². The Kier molecular flexibility index (Phi) is 2.45. The summed E-state index contributed by atoms with van der Waals surface area (Å²) in [5, 5.41) is 0. The first-order valence-corrected chi connectivity index (χ1v) is 4.53. The summed E-state index contributed by atoms with van der Waals surface area (Å²) in [6, 6.07) is 3.54. The molecule has 1 aliphatic rings. The second-order valence-corrected chi connectivity index (χ2v) is 3.30. The minimum atomic E-state index is 0.275. The van der Waals surface area contributed by atoms with Crippen LogP contribution < -0.4 is 4.90 Å². The average Bonchev–Trinajstić information content (AvgIpc) is 2.17. The van der Waals surface area contributed by atoms with Crippen molar-refractivity contribution < 1.29 is 9.53 Å². The van der Waals surface area contributed by atoms with E-state index in [0.717, 1.165) is 25.2 Å². The van der Waals surface area contributed by atoms with Gasteiger partial charge in [0.2, 0.25) is 0 Å². The van der Waals surface area contributed by atoms with Crippen molar-refractivity contribution in [1.29, 1.82) is 0 Å². The number of hydrogen-bond acceptors (Lipinski definition) is 4. The summed E-state index contributed by atoms with van der Waals surface area (Å²) < 4.78 is 5.15. The normalized spacial score (nSPS) is 16.5. The largest absolute Gasteiger partial charge is 0.378 e. The maximum absolute atomic E-state index is 10.7. The number of carbonyl (C=O) groups excluding carboxylic acids is 1. The lowest BCUT2D eigenvalue weighted by atomic mass is 10.1. The maximum Gasteiger partial charge on any atom is 0.153 e. The van der Waals surface area contributed by atoms with Gasteiger partial charge >= 0.3 is 0 Å². The second kappa shape index (κ2) is 3.75. The fourth-order valence-corrected chi connectivity index (χ4v) is 1.53. The van der Waals surface area contributed by atoms with Crippen LogP contribution in [-0.4, -0.2) is 37.6 Å². The molecule has 0 unspecified atom stereocenters. The number of rotatable bonds is 3. The van der Waals surface area contributed by atoms with Crippen molar-refractivity contribution in [1.82, 2.24) is 4.98 Å². The lowest BCUT2D eigenvalue weighted by molar-refractivity contribution is 0.0781. The molecule has 14 heavy (non-hydrogen) atoms. The molecule has 0 saturated carbocycles. The van der Waals surface area contributed by atoms with Gasteiger partial charge in [-0.25, -0.2) is 4.98 Å². The zero-order chi connectivity index (χ0) is 9.97. The molecule has 1 aliphatic heterocycles. The van der Waals surface area contributed by atoms with E-state index in [4.69, 9.17) is 4.74 Å². The molecule has 2 heterocycles. The van der Waals surface area contributed by atoms with Gasteiger partial charge < -0.3 is 9.64 Å². The predicted octanol–water partition coefficient (Wildman–Crippen LogP) is 0.729. The molecule has 4 nitrogen and oxygen atoms in total. The first-order chi connectivity index (χ1) is 6.85. The topological polar surface area (TPSA) is 42.4 Å². The molecule has 0 radical (unpaired) electrons. The van der Waals surface area contributed by atoms with Gasteiger partial charge in [0.25, 0.3) is 0 Å². The van der Waals surface area contributed by atoms with Crippen LogP contribution in [0.3, 0.4) is 0 Å². The Hall–Kier alpha value is -1.42. The standard InChI is InChI=1S/C10H12N2O2/c1-14-9-5-12(6-9)10-8(7-13)3-2-4-11-10/h2-4,7,9H,5-6H2,1H3. The molecule has 1 aromatic rings. The lowest BCUT2D eigenvalue weighted by Gasteiger charge is -2.39. The molecule has 74 valence electrons. The van der Waals surface area contributed by atoms with Crippen molar-refractivity contribution in [3.8, 4) is 0 Å². The summed E-state index contributed by atoms with van der Waals surface area (Å²) in [5.74, 6) is 0.760. The molecule has 0 atom stereocenters. The molecule has 0 amide bonds. The minimum Gasteiger partial charge on any atom is -0.378 e. The predicted molar refractivity (Wildman–Crippen MR) is 52.6 cm³/mol. The summed E-state index contributed by atoms with van der Waals surface area (Å²) >= 11 is 0. The van der Waals surface area contributed by atoms with E-state index in [1.165, 1.54) is 0 Å². The van der Waals surface area contributed by atoms with Crippen LogP contribution >= 0.6 is 0 Å². The third-order valence-electron chi connectivity index (χ3n) is 2.42. The quantitative estimate of drug-likeness (QED) is 0.662. The maximum atomic E-state index is 10.7. The Labute approximate surface area is 82.5 Å². The molecular formula is C10H12N2O2. The van der Waals surface area contributed by atoms with E-state index in [1.807, 2.05) is 4.90 Å². The van der Waals surface area contributed by atoms with E-state index in [2.05, 4.69) is 4.98 Å². The van der Waals surface area contributed by atoms with Crippen LogP contribution in [0.4, 0.5) is 5.82 Å². The average molecular weight is 192 g/mol. The van der Waals surface area contributed by atoms with Crippen molar-refractivity contribution in [3.05, 3.63) is 23.9 Å². The van der Waals surface area contributed by atoms with Crippen molar-refractivity contribution in [3.63, 3.8) is 0 Å². The van der Waals surface area contributed by atoms with Gasteiger partial charge in [0.15, 0.2) is 6.29 Å². The van der Waals surface area contributed by atoms with Gasteiger partial charge in [-0.05, 0) is 12.1 Å². The third kappa shape index (κ3) is 1.48. The van der Waals surface area contributed by atoms with E-state index < -0.39 is 0 Å². The Bertz CT molecular complexity index is 335. The summed E-state index contributed by atoms with van der Waals surface area (Å²) in [6.45, 7) is 1.63. The molecule has 4 heteroatoms. The van der Waals surface area contributed by atoms with Crippen LogP contribution in [0, 0.1) is 0 Å². The van der Waals surface area contributed by atoms with E-state index in [9.17, 15) is 4.79 Å². The molecule has 2 rings (SSSR count). The molecule has 0 aliphatic carbocycles. The van der Waals surface area contributed by atoms with E-state index in [-0.39, 0.29) is 6.10 Å². The summed E-state index contributed by atoms with van der Waals surface area (Å²) in [6.07, 6.45) is 2.81. The number of nitrogens with zero attached hydrogens (tertiary/aromatic N) is 2. The summed E-state index contributed by atoms with van der Waals surface area (Å²) in [7, 11) is 1.70. The number of pyridine rings is 1. The number of hydrogen-bond donors (Lipinski definition) is 0. The van der Waals surface area contributed by atoms with Gasteiger partial charge in [0, 0.05) is 26.4 Å². The summed E-state index contributed by atoms with van der Waals surface area (Å²) in [5.41, 5.74) is 0.641. The molecule has 0 aromatic carbocycles. The number of methoxy groups -OCH3 is 1. The van der Waals surface area contributed by atoms with Crippen molar-refractivity contribution >= 4 is 12.1 Å². The Balaban J connectivity index is 2.13. The highest BCUT2D eigenvalue weighted by atomic mass is 16.5. The first kappa shape index (κ1) is 9.15. The number of anilines is 1. The second-order valence-electron chi connectivity index (χ2n) is 3.30.